The lowest BCUT2D eigenvalue weighted by Crippen LogP contribution is -2.49. The van der Waals surface area contributed by atoms with Gasteiger partial charge >= 0.3 is 0 Å². The van der Waals surface area contributed by atoms with Crippen molar-refractivity contribution in [2.45, 2.75) is 52.7 Å². The molecule has 0 bridgehead atoms. The Morgan fingerprint density at radius 2 is 1.80 bits per heavy atom. The van der Waals surface area contributed by atoms with Crippen LogP contribution in [0.4, 0.5) is 0 Å². The van der Waals surface area contributed by atoms with E-state index in [-0.39, 0.29) is 29.0 Å². The summed E-state index contributed by atoms with van der Waals surface area (Å²) in [5.74, 6) is 0.258. The van der Waals surface area contributed by atoms with Gasteiger partial charge in [-0.1, -0.05) is 32.4 Å². The molecule has 0 aromatic carbocycles. The number of hydrogen-bond donors (Lipinski definition) is 2. The summed E-state index contributed by atoms with van der Waals surface area (Å²) >= 11 is 0. The second-order valence-electron chi connectivity index (χ2n) is 6.29. The molecule has 0 radical (unpaired) electrons. The maximum absolute atomic E-state index is 10.1. The van der Waals surface area contributed by atoms with Gasteiger partial charge in [-0.15, -0.1) is 0 Å². The van der Waals surface area contributed by atoms with Crippen LogP contribution in [0, 0.1) is 16.7 Å². The molecule has 0 amide bonds. The van der Waals surface area contributed by atoms with Crippen LogP contribution in [0.5, 0.6) is 0 Å². The van der Waals surface area contributed by atoms with Crippen LogP contribution >= 0.6 is 0 Å². The number of aliphatic hydroxyl groups is 2. The van der Waals surface area contributed by atoms with Gasteiger partial charge < -0.3 is 10.2 Å². The molecule has 0 aromatic heterocycles. The van der Waals surface area contributed by atoms with Crippen molar-refractivity contribution in [3.05, 3.63) is 11.6 Å². The van der Waals surface area contributed by atoms with E-state index < -0.39 is 0 Å². The Morgan fingerprint density at radius 3 is 2.40 bits per heavy atom. The highest BCUT2D eigenvalue weighted by atomic mass is 16.3. The van der Waals surface area contributed by atoms with Gasteiger partial charge in [-0.3, -0.25) is 0 Å². The smallest absolute Gasteiger partial charge is 0.0765 e. The van der Waals surface area contributed by atoms with Crippen LogP contribution in [0.3, 0.4) is 0 Å². The summed E-state index contributed by atoms with van der Waals surface area (Å²) in [6, 6.07) is 0. The van der Waals surface area contributed by atoms with Crippen LogP contribution in [0.15, 0.2) is 11.6 Å². The molecule has 2 heteroatoms. The van der Waals surface area contributed by atoms with Crippen molar-refractivity contribution in [2.24, 2.45) is 16.7 Å². The minimum absolute atomic E-state index is 0.0133. The van der Waals surface area contributed by atoms with Crippen LogP contribution in [0.2, 0.25) is 0 Å². The van der Waals surface area contributed by atoms with Crippen molar-refractivity contribution in [3.8, 4) is 0 Å². The minimum atomic E-state index is -0.336. The molecule has 2 nitrogen and oxygen atoms in total. The second-order valence-corrected chi connectivity index (χ2v) is 6.29. The van der Waals surface area contributed by atoms with Gasteiger partial charge in [0.1, 0.15) is 0 Å². The van der Waals surface area contributed by atoms with Gasteiger partial charge in [-0.2, -0.15) is 0 Å². The Balaban J connectivity index is 2.42. The lowest BCUT2D eigenvalue weighted by molar-refractivity contribution is -0.0786. The Kier molecular flexibility index (Phi) is 2.29. The first-order valence-corrected chi connectivity index (χ1v) is 5.82. The Morgan fingerprint density at radius 1 is 1.20 bits per heavy atom. The summed E-state index contributed by atoms with van der Waals surface area (Å²) < 4.78 is 0. The third-order valence-electron chi connectivity index (χ3n) is 4.61. The third kappa shape index (κ3) is 1.46. The Labute approximate surface area is 92.0 Å². The molecule has 2 aliphatic carbocycles. The summed E-state index contributed by atoms with van der Waals surface area (Å²) in [6.07, 6.45) is 3.00. The van der Waals surface area contributed by atoms with Crippen molar-refractivity contribution in [1.82, 2.24) is 0 Å². The minimum Gasteiger partial charge on any atom is -0.393 e. The predicted molar refractivity (Wildman–Crippen MR) is 60.4 cm³/mol. The molecule has 0 aromatic rings. The zero-order chi connectivity index (χ0) is 11.4. The molecule has 0 saturated heterocycles. The van der Waals surface area contributed by atoms with Crippen molar-refractivity contribution in [2.75, 3.05) is 0 Å². The highest BCUT2D eigenvalue weighted by molar-refractivity contribution is 5.27. The van der Waals surface area contributed by atoms with Gasteiger partial charge in [0.25, 0.3) is 0 Å². The van der Waals surface area contributed by atoms with E-state index in [9.17, 15) is 10.2 Å². The van der Waals surface area contributed by atoms with Gasteiger partial charge in [0.15, 0.2) is 0 Å². The maximum Gasteiger partial charge on any atom is 0.0765 e. The average molecular weight is 210 g/mol. The fraction of sp³-hybridized carbons (Fsp3) is 0.846. The van der Waals surface area contributed by atoms with E-state index in [1.165, 1.54) is 5.57 Å². The average Bonchev–Trinajstić information content (AvgIpc) is 2.19. The highest BCUT2D eigenvalue weighted by Gasteiger charge is 2.55. The van der Waals surface area contributed by atoms with E-state index in [1.807, 2.05) is 6.08 Å². The fourth-order valence-corrected chi connectivity index (χ4v) is 4.07. The normalized spacial score (nSPS) is 48.7. The number of hydrogen-bond acceptors (Lipinski definition) is 2. The molecule has 2 rings (SSSR count). The van der Waals surface area contributed by atoms with Gasteiger partial charge in [-0.25, -0.2) is 0 Å². The van der Waals surface area contributed by atoms with Crippen molar-refractivity contribution in [3.63, 3.8) is 0 Å². The molecule has 1 saturated carbocycles. The molecule has 0 heterocycles. The molecular weight excluding hydrogens is 188 g/mol. The molecule has 2 aliphatic rings. The van der Waals surface area contributed by atoms with E-state index in [4.69, 9.17) is 0 Å². The van der Waals surface area contributed by atoms with Crippen LogP contribution < -0.4 is 0 Å². The van der Waals surface area contributed by atoms with Crippen LogP contribution in [0.25, 0.3) is 0 Å². The lowest BCUT2D eigenvalue weighted by Gasteiger charge is -2.51. The molecule has 1 fully saturated rings. The van der Waals surface area contributed by atoms with Crippen LogP contribution in [0.1, 0.15) is 40.5 Å². The van der Waals surface area contributed by atoms with E-state index in [0.29, 0.717) is 0 Å². The predicted octanol–water partition coefficient (Wildman–Crippen LogP) is 2.11. The molecule has 86 valence electrons. The summed E-state index contributed by atoms with van der Waals surface area (Å²) in [7, 11) is 0. The highest BCUT2D eigenvalue weighted by Crippen LogP contribution is 2.59. The molecule has 2 unspecified atom stereocenters. The van der Waals surface area contributed by atoms with Gasteiger partial charge in [0, 0.05) is 5.92 Å². The van der Waals surface area contributed by atoms with E-state index >= 15 is 0 Å². The summed E-state index contributed by atoms with van der Waals surface area (Å²) in [6.45, 7) is 8.59. The fourth-order valence-electron chi connectivity index (χ4n) is 4.07. The van der Waals surface area contributed by atoms with Crippen molar-refractivity contribution < 1.29 is 10.2 Å². The quantitative estimate of drug-likeness (QED) is 0.601. The monoisotopic (exact) mass is 210 g/mol. The van der Waals surface area contributed by atoms with Crippen LogP contribution in [-0.2, 0) is 0 Å². The van der Waals surface area contributed by atoms with Crippen molar-refractivity contribution in [1.29, 1.82) is 0 Å². The number of aliphatic hydroxyl groups excluding tert-OH is 2. The largest absolute Gasteiger partial charge is 0.393 e. The van der Waals surface area contributed by atoms with Gasteiger partial charge in [-0.05, 0) is 30.6 Å². The van der Waals surface area contributed by atoms with E-state index in [0.717, 1.165) is 12.8 Å². The van der Waals surface area contributed by atoms with Gasteiger partial charge in [0.05, 0.1) is 12.2 Å². The SMILES string of the molecule is CC1=CC(O)[C@@H]2C(C)(C)CC(O)C[C@@]12C. The first kappa shape index (κ1) is 11.2. The molecular formula is C13H22O2. The Hall–Kier alpha value is -0.340. The summed E-state index contributed by atoms with van der Waals surface area (Å²) in [5, 5.41) is 20.1. The molecule has 0 spiro atoms. The van der Waals surface area contributed by atoms with Crippen molar-refractivity contribution >= 4 is 0 Å². The lowest BCUT2D eigenvalue weighted by atomic mass is 9.55. The van der Waals surface area contributed by atoms with E-state index in [2.05, 4.69) is 27.7 Å². The van der Waals surface area contributed by atoms with E-state index in [1.54, 1.807) is 0 Å². The standard InChI is InChI=1S/C13H22O2/c1-8-5-10(15)11-12(2,3)6-9(14)7-13(8,11)4/h5,9-11,14-15H,6-7H2,1-4H3/t9?,10?,11-,13+/m1/s1. The molecule has 2 N–H and O–H groups in total. The first-order chi connectivity index (χ1) is 6.77. The van der Waals surface area contributed by atoms with Gasteiger partial charge in [0.2, 0.25) is 0 Å². The number of allylic oxidation sites excluding steroid dienone is 1. The Bertz CT molecular complexity index is 306. The maximum atomic E-state index is 10.1. The molecule has 0 aliphatic heterocycles. The zero-order valence-corrected chi connectivity index (χ0v) is 10.1. The zero-order valence-electron chi connectivity index (χ0n) is 10.1. The number of fused-ring (bicyclic) bond motifs is 1. The summed E-state index contributed by atoms with van der Waals surface area (Å²) in [4.78, 5) is 0. The third-order valence-corrected chi connectivity index (χ3v) is 4.61. The van der Waals surface area contributed by atoms with Crippen LogP contribution in [-0.4, -0.2) is 22.4 Å². The number of rotatable bonds is 0. The molecule has 15 heavy (non-hydrogen) atoms. The topological polar surface area (TPSA) is 40.5 Å². The first-order valence-electron chi connectivity index (χ1n) is 5.82. The molecule has 4 atom stereocenters. The summed E-state index contributed by atoms with van der Waals surface area (Å²) in [5.41, 5.74) is 1.24. The second kappa shape index (κ2) is 3.08.